The largest absolute Gasteiger partial charge is 0.366 e. The van der Waals surface area contributed by atoms with Crippen molar-refractivity contribution in [1.82, 2.24) is 20.1 Å². The summed E-state index contributed by atoms with van der Waals surface area (Å²) >= 11 is 1.02. The molecule has 0 aliphatic carbocycles. The lowest BCUT2D eigenvalue weighted by atomic mass is 10.0. The number of carbonyl (C=O) groups excluding carboxylic acids is 3. The third kappa shape index (κ3) is 5.59. The van der Waals surface area contributed by atoms with Crippen molar-refractivity contribution in [3.8, 4) is 17.3 Å². The minimum atomic E-state index is -0.874. The second-order valence-corrected chi connectivity index (χ2v) is 12.0. The first-order valence-corrected chi connectivity index (χ1v) is 14.3. The fourth-order valence-corrected chi connectivity index (χ4v) is 6.38. The van der Waals surface area contributed by atoms with Crippen molar-refractivity contribution in [2.45, 2.75) is 38.5 Å². The summed E-state index contributed by atoms with van der Waals surface area (Å²) < 4.78 is 20.3. The molecule has 5 rings (SSSR count). The smallest absolute Gasteiger partial charge is 0.251 e. The van der Waals surface area contributed by atoms with Crippen LogP contribution in [0, 0.1) is 28.3 Å². The maximum Gasteiger partial charge on any atom is 0.251 e. The van der Waals surface area contributed by atoms with Crippen LogP contribution in [-0.4, -0.2) is 96.9 Å². The molecule has 3 saturated heterocycles. The molecule has 4 atom stereocenters. The second kappa shape index (κ2) is 11.6. The van der Waals surface area contributed by atoms with Crippen LogP contribution in [0.15, 0.2) is 24.3 Å². The lowest BCUT2D eigenvalue weighted by Crippen LogP contribution is -2.52. The Kier molecular flexibility index (Phi) is 8.16. The number of thiazole rings is 1. The summed E-state index contributed by atoms with van der Waals surface area (Å²) in [7, 11) is 2.06. The first-order chi connectivity index (χ1) is 19.2. The number of nitrogens with one attached hydrogen (secondary N) is 1. The van der Waals surface area contributed by atoms with E-state index in [1.165, 1.54) is 4.90 Å². The highest BCUT2D eigenvalue weighted by atomic mass is 32.1. The van der Waals surface area contributed by atoms with Gasteiger partial charge in [-0.15, -0.1) is 0 Å². The van der Waals surface area contributed by atoms with Crippen LogP contribution in [0.5, 0.6) is 0 Å². The molecule has 3 fully saturated rings. The molecule has 4 heterocycles. The van der Waals surface area contributed by atoms with E-state index < -0.39 is 35.9 Å². The molecule has 12 heteroatoms. The van der Waals surface area contributed by atoms with Crippen LogP contribution in [0.4, 0.5) is 9.52 Å². The van der Waals surface area contributed by atoms with E-state index in [1.54, 1.807) is 24.3 Å². The van der Waals surface area contributed by atoms with E-state index >= 15 is 0 Å². The van der Waals surface area contributed by atoms with Crippen molar-refractivity contribution in [3.63, 3.8) is 0 Å². The Morgan fingerprint density at radius 1 is 1.23 bits per heavy atom. The number of piperazine rings is 1. The first kappa shape index (κ1) is 28.1. The van der Waals surface area contributed by atoms with Crippen LogP contribution in [-0.2, 0) is 14.3 Å². The van der Waals surface area contributed by atoms with Gasteiger partial charge in [0.25, 0.3) is 5.91 Å². The summed E-state index contributed by atoms with van der Waals surface area (Å²) in [6.07, 6.45) is -0.269. The molecule has 0 saturated carbocycles. The van der Waals surface area contributed by atoms with Crippen molar-refractivity contribution in [2.75, 3.05) is 51.3 Å². The molecule has 2 amide bonds. The molecule has 2 aromatic rings. The fourth-order valence-electron chi connectivity index (χ4n) is 5.51. The number of likely N-dealkylation sites (N-methyl/N-ethyl adjacent to an activating group) is 1. The average molecular weight is 569 g/mol. The Hall–Kier alpha value is -3.40. The number of halogens is 1. The second-order valence-electron chi connectivity index (χ2n) is 11.1. The van der Waals surface area contributed by atoms with Gasteiger partial charge in [0.2, 0.25) is 11.0 Å². The van der Waals surface area contributed by atoms with Gasteiger partial charge >= 0.3 is 0 Å². The number of anilines is 1. The van der Waals surface area contributed by atoms with Crippen LogP contribution in [0.1, 0.15) is 30.6 Å². The highest BCUT2D eigenvalue weighted by Crippen LogP contribution is 2.33. The van der Waals surface area contributed by atoms with Gasteiger partial charge in [0.15, 0.2) is 10.9 Å². The Labute approximate surface area is 236 Å². The van der Waals surface area contributed by atoms with Gasteiger partial charge in [-0.05, 0) is 31.5 Å². The van der Waals surface area contributed by atoms with Crippen LogP contribution in [0.3, 0.4) is 0 Å². The molecule has 0 radical (unpaired) electrons. The van der Waals surface area contributed by atoms with Gasteiger partial charge in [-0.3, -0.25) is 14.4 Å². The normalized spacial score (nSPS) is 23.8. The monoisotopic (exact) mass is 568 g/mol. The lowest BCUT2D eigenvalue weighted by Gasteiger charge is -2.31. The molecule has 0 spiro atoms. The number of ether oxygens (including phenoxy) is 1. The zero-order valence-corrected chi connectivity index (χ0v) is 23.6. The molecule has 1 aromatic heterocycles. The zero-order chi connectivity index (χ0) is 28.6. The van der Waals surface area contributed by atoms with Gasteiger partial charge in [-0.1, -0.05) is 37.3 Å². The zero-order valence-electron chi connectivity index (χ0n) is 22.8. The third-order valence-electron chi connectivity index (χ3n) is 7.71. The SMILES string of the molecule is CC(C)C[C@H](NC(=O)c1ccc(-c2nc(N3CCN(C)CC3)sc2F)cc1)C(=O)N1C[C@@H](C#N)C2OCC(=O)[C@H]21. The minimum Gasteiger partial charge on any atom is -0.366 e. The van der Waals surface area contributed by atoms with Crippen molar-refractivity contribution >= 4 is 34.1 Å². The number of hydrogen-bond donors (Lipinski definition) is 1. The van der Waals surface area contributed by atoms with E-state index in [4.69, 9.17) is 4.74 Å². The van der Waals surface area contributed by atoms with Gasteiger partial charge in [-0.25, -0.2) is 4.98 Å². The van der Waals surface area contributed by atoms with E-state index in [2.05, 4.69) is 33.2 Å². The summed E-state index contributed by atoms with van der Waals surface area (Å²) in [6, 6.07) is 6.93. The summed E-state index contributed by atoms with van der Waals surface area (Å²) in [4.78, 5) is 49.4. The van der Waals surface area contributed by atoms with Gasteiger partial charge in [0, 0.05) is 43.9 Å². The topological polar surface area (TPSA) is 119 Å². The molecule has 10 nitrogen and oxygen atoms in total. The quantitative estimate of drug-likeness (QED) is 0.540. The number of hydrogen-bond acceptors (Lipinski definition) is 9. The number of likely N-dealkylation sites (tertiary alicyclic amines) is 1. The van der Waals surface area contributed by atoms with Crippen LogP contribution in [0.25, 0.3) is 11.3 Å². The Morgan fingerprint density at radius 2 is 1.93 bits per heavy atom. The number of fused-ring (bicyclic) bond motifs is 1. The van der Waals surface area contributed by atoms with E-state index in [9.17, 15) is 24.0 Å². The van der Waals surface area contributed by atoms with E-state index in [0.717, 1.165) is 37.5 Å². The van der Waals surface area contributed by atoms with E-state index in [1.807, 2.05) is 13.8 Å². The van der Waals surface area contributed by atoms with Crippen molar-refractivity contribution < 1.29 is 23.5 Å². The molecule has 1 N–H and O–H groups in total. The highest BCUT2D eigenvalue weighted by molar-refractivity contribution is 7.14. The summed E-state index contributed by atoms with van der Waals surface area (Å²) in [6.45, 7) is 7.20. The van der Waals surface area contributed by atoms with Gasteiger partial charge in [-0.2, -0.15) is 9.65 Å². The maximum absolute atomic E-state index is 14.8. The van der Waals surface area contributed by atoms with Crippen LogP contribution < -0.4 is 10.2 Å². The van der Waals surface area contributed by atoms with Gasteiger partial charge < -0.3 is 24.8 Å². The van der Waals surface area contributed by atoms with Gasteiger partial charge in [0.1, 0.15) is 30.5 Å². The molecule has 40 heavy (non-hydrogen) atoms. The van der Waals surface area contributed by atoms with Crippen LogP contribution >= 0.6 is 11.3 Å². The summed E-state index contributed by atoms with van der Waals surface area (Å²) in [5.74, 6) is -1.59. The molecule has 1 unspecified atom stereocenters. The summed E-state index contributed by atoms with van der Waals surface area (Å²) in [5.41, 5.74) is 1.12. The average Bonchev–Trinajstić information content (AvgIpc) is 3.62. The molecule has 212 valence electrons. The number of aromatic nitrogens is 1. The van der Waals surface area contributed by atoms with Crippen LogP contribution in [0.2, 0.25) is 0 Å². The Balaban J connectivity index is 1.29. The first-order valence-electron chi connectivity index (χ1n) is 13.5. The Bertz CT molecular complexity index is 1320. The van der Waals surface area contributed by atoms with E-state index in [-0.39, 0.29) is 35.7 Å². The van der Waals surface area contributed by atoms with Crippen molar-refractivity contribution in [1.29, 1.82) is 5.26 Å². The lowest BCUT2D eigenvalue weighted by molar-refractivity contribution is -0.138. The number of rotatable bonds is 7. The molecular weight excluding hydrogens is 535 g/mol. The maximum atomic E-state index is 14.8. The third-order valence-corrected chi connectivity index (χ3v) is 8.62. The number of carbonyl (C=O) groups is 3. The van der Waals surface area contributed by atoms with Crippen molar-refractivity contribution in [2.24, 2.45) is 11.8 Å². The number of nitriles is 1. The predicted octanol–water partition coefficient (Wildman–Crippen LogP) is 2.16. The van der Waals surface area contributed by atoms with Crippen molar-refractivity contribution in [3.05, 3.63) is 35.0 Å². The molecule has 3 aliphatic rings. The molecule has 1 aromatic carbocycles. The van der Waals surface area contributed by atoms with E-state index in [0.29, 0.717) is 22.7 Å². The molecular formula is C28H33FN6O4S. The fraction of sp³-hybridized carbons (Fsp3) is 0.536. The number of benzene rings is 1. The van der Waals surface area contributed by atoms with Gasteiger partial charge in [0.05, 0.1) is 12.0 Å². The predicted molar refractivity (Wildman–Crippen MR) is 147 cm³/mol. The number of amides is 2. The standard InChI is InChI=1S/C28H33FN6O4S/c1-16(2)12-20(27(38)35-14-19(13-30)24-23(35)21(36)15-39-24)31-26(37)18-6-4-17(5-7-18)22-25(29)40-28(32-22)34-10-8-33(3)9-11-34/h4-7,16,19-20,23-24H,8-12,14-15H2,1-3H3,(H,31,37)/t19-,20+,23-,24?/m1/s1. The number of Topliss-reactive ketones (excluding diaryl/α,β-unsaturated/α-hetero) is 1. The number of nitrogens with zero attached hydrogens (tertiary/aromatic N) is 5. The summed E-state index contributed by atoms with van der Waals surface area (Å²) in [5, 5.41) is 12.6. The highest BCUT2D eigenvalue weighted by Gasteiger charge is 2.53. The minimum absolute atomic E-state index is 0.0828. The number of ketones is 1. The molecule has 3 aliphatic heterocycles. The molecule has 0 bridgehead atoms. The Morgan fingerprint density at radius 3 is 2.58 bits per heavy atom.